The van der Waals surface area contributed by atoms with Gasteiger partial charge in [-0.1, -0.05) is 12.1 Å². The fourth-order valence-electron chi connectivity index (χ4n) is 2.62. The van der Waals surface area contributed by atoms with E-state index in [-0.39, 0.29) is 6.10 Å². The quantitative estimate of drug-likeness (QED) is 0.850. The number of fused-ring (bicyclic) bond motifs is 1. The molecule has 1 fully saturated rings. The minimum atomic E-state index is 0.144. The zero-order valence-corrected chi connectivity index (χ0v) is 10.8. The third-order valence-electron chi connectivity index (χ3n) is 3.48. The number of hydrogen-bond donors (Lipinski definition) is 1. The Morgan fingerprint density at radius 1 is 1.33 bits per heavy atom. The van der Waals surface area contributed by atoms with E-state index >= 15 is 0 Å². The zero-order chi connectivity index (χ0) is 12.4. The van der Waals surface area contributed by atoms with Crippen LogP contribution in [0.3, 0.4) is 0 Å². The van der Waals surface area contributed by atoms with Crippen molar-refractivity contribution in [3.05, 3.63) is 24.3 Å². The van der Waals surface area contributed by atoms with E-state index in [1.54, 1.807) is 0 Å². The maximum atomic E-state index is 5.98. The molecule has 0 radical (unpaired) electrons. The second-order valence-corrected chi connectivity index (χ2v) is 5.11. The van der Waals surface area contributed by atoms with Crippen LogP contribution in [-0.4, -0.2) is 49.8 Å². The molecule has 0 bridgehead atoms. The highest BCUT2D eigenvalue weighted by atomic mass is 16.6. The van der Waals surface area contributed by atoms with E-state index in [4.69, 9.17) is 9.47 Å². The molecular formula is C14H20N2O2. The van der Waals surface area contributed by atoms with E-state index in [1.165, 1.54) is 0 Å². The lowest BCUT2D eigenvalue weighted by Gasteiger charge is -2.35. The highest BCUT2D eigenvalue weighted by molar-refractivity contribution is 5.40. The Morgan fingerprint density at radius 3 is 3.00 bits per heavy atom. The summed E-state index contributed by atoms with van der Waals surface area (Å²) in [6.45, 7) is 7.05. The molecule has 0 saturated carbocycles. The van der Waals surface area contributed by atoms with Crippen molar-refractivity contribution < 1.29 is 9.47 Å². The summed E-state index contributed by atoms with van der Waals surface area (Å²) < 4.78 is 11.7. The summed E-state index contributed by atoms with van der Waals surface area (Å²) in [6.07, 6.45) is 0.144. The average Bonchev–Trinajstić information content (AvgIpc) is 2.39. The summed E-state index contributed by atoms with van der Waals surface area (Å²) in [7, 11) is 0. The second-order valence-electron chi connectivity index (χ2n) is 5.11. The van der Waals surface area contributed by atoms with Crippen molar-refractivity contribution >= 4 is 0 Å². The van der Waals surface area contributed by atoms with Crippen LogP contribution in [0.15, 0.2) is 24.3 Å². The standard InChI is InChI=1S/C14H20N2O2/c1-11-8-16(7-6-15-11)9-12-10-17-13-4-2-3-5-14(13)18-12/h2-5,11-12,15H,6-10H2,1H3/t11-,12?/m1/s1. The number of nitrogens with one attached hydrogen (secondary N) is 1. The number of rotatable bonds is 2. The number of piperazine rings is 1. The van der Waals surface area contributed by atoms with E-state index in [9.17, 15) is 0 Å². The Hall–Kier alpha value is -1.26. The largest absolute Gasteiger partial charge is 0.486 e. The molecule has 4 heteroatoms. The fourth-order valence-corrected chi connectivity index (χ4v) is 2.62. The van der Waals surface area contributed by atoms with Gasteiger partial charge in [-0.05, 0) is 19.1 Å². The molecule has 0 aromatic heterocycles. The molecule has 1 unspecified atom stereocenters. The van der Waals surface area contributed by atoms with Gasteiger partial charge in [0.2, 0.25) is 0 Å². The summed E-state index contributed by atoms with van der Waals surface area (Å²) in [4.78, 5) is 2.45. The van der Waals surface area contributed by atoms with Gasteiger partial charge in [-0.2, -0.15) is 0 Å². The molecule has 0 amide bonds. The molecule has 98 valence electrons. The molecule has 2 aliphatic rings. The van der Waals surface area contributed by atoms with Crippen LogP contribution in [0.25, 0.3) is 0 Å². The van der Waals surface area contributed by atoms with E-state index < -0.39 is 0 Å². The molecule has 18 heavy (non-hydrogen) atoms. The molecule has 4 nitrogen and oxygen atoms in total. The number of para-hydroxylation sites is 2. The number of benzene rings is 1. The number of nitrogens with zero attached hydrogens (tertiary/aromatic N) is 1. The van der Waals surface area contributed by atoms with Gasteiger partial charge >= 0.3 is 0 Å². The Labute approximate surface area is 108 Å². The zero-order valence-electron chi connectivity index (χ0n) is 10.8. The highest BCUT2D eigenvalue weighted by Gasteiger charge is 2.24. The molecule has 3 rings (SSSR count). The Kier molecular flexibility index (Phi) is 3.39. The Bertz CT molecular complexity index is 411. The first-order chi connectivity index (χ1) is 8.81. The van der Waals surface area contributed by atoms with Crippen LogP contribution in [-0.2, 0) is 0 Å². The van der Waals surface area contributed by atoms with Crippen LogP contribution in [0.4, 0.5) is 0 Å². The second kappa shape index (κ2) is 5.16. The molecule has 1 saturated heterocycles. The molecular weight excluding hydrogens is 228 g/mol. The van der Waals surface area contributed by atoms with Crippen molar-refractivity contribution in [2.24, 2.45) is 0 Å². The van der Waals surface area contributed by atoms with Gasteiger partial charge in [0.15, 0.2) is 11.5 Å². The normalized spacial score (nSPS) is 28.1. The summed E-state index contributed by atoms with van der Waals surface area (Å²) >= 11 is 0. The van der Waals surface area contributed by atoms with Gasteiger partial charge in [0.25, 0.3) is 0 Å². The maximum Gasteiger partial charge on any atom is 0.161 e. The van der Waals surface area contributed by atoms with Crippen LogP contribution >= 0.6 is 0 Å². The van der Waals surface area contributed by atoms with Gasteiger partial charge < -0.3 is 14.8 Å². The monoisotopic (exact) mass is 248 g/mol. The van der Waals surface area contributed by atoms with Gasteiger partial charge in [0, 0.05) is 32.2 Å². The molecule has 1 N–H and O–H groups in total. The van der Waals surface area contributed by atoms with Crippen molar-refractivity contribution in [3.63, 3.8) is 0 Å². The highest BCUT2D eigenvalue weighted by Crippen LogP contribution is 2.31. The predicted molar refractivity (Wildman–Crippen MR) is 70.3 cm³/mol. The summed E-state index contributed by atoms with van der Waals surface area (Å²) in [6, 6.07) is 8.45. The smallest absolute Gasteiger partial charge is 0.161 e. The first kappa shape index (κ1) is 11.8. The first-order valence-corrected chi connectivity index (χ1v) is 6.65. The SMILES string of the molecule is C[C@@H]1CN(CC2COc3ccccc3O2)CCN1. The fraction of sp³-hybridized carbons (Fsp3) is 0.571. The minimum absolute atomic E-state index is 0.144. The van der Waals surface area contributed by atoms with E-state index in [2.05, 4.69) is 17.1 Å². The van der Waals surface area contributed by atoms with Gasteiger partial charge in [-0.15, -0.1) is 0 Å². The third-order valence-corrected chi connectivity index (χ3v) is 3.48. The summed E-state index contributed by atoms with van der Waals surface area (Å²) in [5.74, 6) is 1.74. The van der Waals surface area contributed by atoms with Crippen molar-refractivity contribution in [2.45, 2.75) is 19.1 Å². The number of hydrogen-bond acceptors (Lipinski definition) is 4. The van der Waals surface area contributed by atoms with Crippen molar-refractivity contribution in [1.82, 2.24) is 10.2 Å². The summed E-state index contributed by atoms with van der Waals surface area (Å²) in [5.41, 5.74) is 0. The van der Waals surface area contributed by atoms with Crippen molar-refractivity contribution in [2.75, 3.05) is 32.8 Å². The van der Waals surface area contributed by atoms with Gasteiger partial charge in [0.1, 0.15) is 12.7 Å². The van der Waals surface area contributed by atoms with Gasteiger partial charge in [-0.3, -0.25) is 4.90 Å². The molecule has 1 aromatic rings. The van der Waals surface area contributed by atoms with Crippen LogP contribution in [0.2, 0.25) is 0 Å². The van der Waals surface area contributed by atoms with E-state index in [0.29, 0.717) is 12.6 Å². The maximum absolute atomic E-state index is 5.98. The van der Waals surface area contributed by atoms with Crippen LogP contribution in [0.5, 0.6) is 11.5 Å². The topological polar surface area (TPSA) is 33.7 Å². The molecule has 2 atom stereocenters. The average molecular weight is 248 g/mol. The lowest BCUT2D eigenvalue weighted by atomic mass is 10.2. The van der Waals surface area contributed by atoms with Crippen molar-refractivity contribution in [1.29, 1.82) is 0 Å². The molecule has 0 aliphatic carbocycles. The first-order valence-electron chi connectivity index (χ1n) is 6.65. The Balaban J connectivity index is 1.59. The van der Waals surface area contributed by atoms with E-state index in [1.807, 2.05) is 24.3 Å². The van der Waals surface area contributed by atoms with Crippen LogP contribution in [0, 0.1) is 0 Å². The van der Waals surface area contributed by atoms with E-state index in [0.717, 1.165) is 37.7 Å². The third kappa shape index (κ3) is 2.60. The molecule has 0 spiro atoms. The van der Waals surface area contributed by atoms with Crippen molar-refractivity contribution in [3.8, 4) is 11.5 Å². The van der Waals surface area contributed by atoms with Gasteiger partial charge in [0.05, 0.1) is 0 Å². The van der Waals surface area contributed by atoms with Crippen LogP contribution in [0.1, 0.15) is 6.92 Å². The van der Waals surface area contributed by atoms with Gasteiger partial charge in [-0.25, -0.2) is 0 Å². The molecule has 2 heterocycles. The van der Waals surface area contributed by atoms with Crippen LogP contribution < -0.4 is 14.8 Å². The molecule has 1 aromatic carbocycles. The molecule has 2 aliphatic heterocycles. The predicted octanol–water partition coefficient (Wildman–Crippen LogP) is 1.12. The lowest BCUT2D eigenvalue weighted by molar-refractivity contribution is 0.0510. The Morgan fingerprint density at radius 2 is 2.17 bits per heavy atom. The number of ether oxygens (including phenoxy) is 2. The minimum Gasteiger partial charge on any atom is -0.486 e. The summed E-state index contributed by atoms with van der Waals surface area (Å²) in [5, 5.41) is 3.45. The lowest BCUT2D eigenvalue weighted by Crippen LogP contribution is -2.52.